The molecule has 0 saturated heterocycles. The molecule has 2 nitrogen and oxygen atoms in total. The Labute approximate surface area is 79.3 Å². The van der Waals surface area contributed by atoms with Crippen molar-refractivity contribution < 1.29 is 4.39 Å². The fourth-order valence-corrected chi connectivity index (χ4v) is 1.15. The number of hydrogen-bond acceptors (Lipinski definition) is 2. The van der Waals surface area contributed by atoms with Gasteiger partial charge in [-0.15, -0.1) is 0 Å². The van der Waals surface area contributed by atoms with Gasteiger partial charge in [-0.2, -0.15) is 0 Å². The molecule has 2 N–H and O–H groups in total. The largest absolute Gasteiger partial charge is 0.395 e. The van der Waals surface area contributed by atoms with Crippen molar-refractivity contribution in [1.82, 2.24) is 4.98 Å². The van der Waals surface area contributed by atoms with Crippen LogP contribution in [-0.2, 0) is 0 Å². The molecule has 0 aliphatic carbocycles. The highest BCUT2D eigenvalue weighted by Gasteiger charge is 2.06. The summed E-state index contributed by atoms with van der Waals surface area (Å²) in [6.07, 6.45) is 1.50. The number of nitrogens with zero attached hydrogens (tertiary/aromatic N) is 1. The fourth-order valence-electron chi connectivity index (χ4n) is 0.456. The third-order valence-corrected chi connectivity index (χ3v) is 2.38. The van der Waals surface area contributed by atoms with Crippen molar-refractivity contribution >= 4 is 44.2 Å². The Morgan fingerprint density at radius 3 is 2.80 bits per heavy atom. The average Bonchev–Trinajstić information content (AvgIpc) is 1.93. The molecule has 0 aromatic carbocycles. The van der Waals surface area contributed by atoms with Gasteiger partial charge in [-0.1, -0.05) is 0 Å². The predicted octanol–water partition coefficient (Wildman–Crippen LogP) is 2.17. The summed E-state index contributed by atoms with van der Waals surface area (Å²) in [5.41, 5.74) is 5.47. The van der Waals surface area contributed by atoms with E-state index in [-0.39, 0.29) is 10.3 Å². The Morgan fingerprint density at radius 2 is 2.30 bits per heavy atom. The third kappa shape index (κ3) is 1.39. The van der Waals surface area contributed by atoms with Crippen LogP contribution < -0.4 is 5.73 Å². The van der Waals surface area contributed by atoms with Gasteiger partial charge in [-0.3, -0.25) is 0 Å². The van der Waals surface area contributed by atoms with Crippen molar-refractivity contribution in [1.29, 1.82) is 0 Å². The lowest BCUT2D eigenvalue weighted by molar-refractivity contribution is 0.617. The van der Waals surface area contributed by atoms with Crippen LogP contribution in [0.25, 0.3) is 0 Å². The van der Waals surface area contributed by atoms with Gasteiger partial charge in [0.25, 0.3) is 0 Å². The molecule has 0 amide bonds. The summed E-state index contributed by atoms with van der Waals surface area (Å²) in [4.78, 5) is 3.69. The van der Waals surface area contributed by atoms with E-state index in [1.807, 2.05) is 22.6 Å². The molecule has 0 bridgehead atoms. The second kappa shape index (κ2) is 3.00. The van der Waals surface area contributed by atoms with Crippen LogP contribution in [0.2, 0.25) is 0 Å². The lowest BCUT2D eigenvalue weighted by atomic mass is 10.4. The number of nitrogen functional groups attached to an aromatic ring is 1. The number of hydrogen-bond donors (Lipinski definition) is 1. The standard InChI is InChI=1S/C5H3BrFIN2/c6-5-3(7)4(9)2(8)1-10-5/h1H,(H2,9,10). The highest BCUT2D eigenvalue weighted by molar-refractivity contribution is 14.1. The van der Waals surface area contributed by atoms with E-state index in [0.29, 0.717) is 3.57 Å². The van der Waals surface area contributed by atoms with Crippen molar-refractivity contribution in [2.24, 2.45) is 0 Å². The van der Waals surface area contributed by atoms with E-state index >= 15 is 0 Å². The van der Waals surface area contributed by atoms with Crippen molar-refractivity contribution in [2.75, 3.05) is 5.73 Å². The van der Waals surface area contributed by atoms with E-state index in [2.05, 4.69) is 20.9 Å². The van der Waals surface area contributed by atoms with E-state index in [0.717, 1.165) is 0 Å². The molecule has 5 heteroatoms. The maximum atomic E-state index is 12.8. The van der Waals surface area contributed by atoms with E-state index in [9.17, 15) is 4.39 Å². The Bertz CT molecular complexity index is 239. The summed E-state index contributed by atoms with van der Waals surface area (Å²) in [5, 5.41) is 0. The molecule has 0 atom stereocenters. The first-order valence-corrected chi connectivity index (χ1v) is 4.25. The molecule has 0 radical (unpaired) electrons. The van der Waals surface area contributed by atoms with Crippen LogP contribution in [0.15, 0.2) is 10.8 Å². The Hall–Kier alpha value is 0.0900. The van der Waals surface area contributed by atoms with Crippen LogP contribution in [0.4, 0.5) is 10.1 Å². The Balaban J connectivity index is 3.34. The van der Waals surface area contributed by atoms with Crippen molar-refractivity contribution in [3.63, 3.8) is 0 Å². The first-order valence-electron chi connectivity index (χ1n) is 2.38. The molecule has 0 aliphatic heterocycles. The van der Waals surface area contributed by atoms with E-state index in [4.69, 9.17) is 5.73 Å². The van der Waals surface area contributed by atoms with Gasteiger partial charge in [-0.05, 0) is 38.5 Å². The summed E-state index contributed by atoms with van der Waals surface area (Å²) >= 11 is 4.83. The SMILES string of the molecule is Nc1c(I)cnc(Br)c1F. The van der Waals surface area contributed by atoms with Gasteiger partial charge in [0.15, 0.2) is 5.82 Å². The molecule has 1 aromatic rings. The van der Waals surface area contributed by atoms with Crippen LogP contribution in [0.1, 0.15) is 0 Å². The second-order valence-corrected chi connectivity index (χ2v) is 3.54. The van der Waals surface area contributed by atoms with Crippen LogP contribution in [0.5, 0.6) is 0 Å². The summed E-state index contributed by atoms with van der Waals surface area (Å²) in [6.45, 7) is 0. The minimum atomic E-state index is -0.494. The number of rotatable bonds is 0. The van der Waals surface area contributed by atoms with Gasteiger partial charge < -0.3 is 5.73 Å². The lowest BCUT2D eigenvalue weighted by Crippen LogP contribution is -1.96. The topological polar surface area (TPSA) is 38.9 Å². The zero-order valence-corrected chi connectivity index (χ0v) is 8.48. The number of nitrogens with two attached hydrogens (primary N) is 1. The quantitative estimate of drug-likeness (QED) is 0.588. The van der Waals surface area contributed by atoms with Crippen LogP contribution in [0.3, 0.4) is 0 Å². The predicted molar refractivity (Wildman–Crippen MR) is 49.0 cm³/mol. The maximum absolute atomic E-state index is 12.8. The number of halogens is 3. The van der Waals surface area contributed by atoms with Gasteiger partial charge in [0.2, 0.25) is 0 Å². The van der Waals surface area contributed by atoms with E-state index < -0.39 is 5.82 Å². The van der Waals surface area contributed by atoms with Gasteiger partial charge in [0.05, 0.1) is 9.26 Å². The molecule has 1 aromatic heterocycles. The fraction of sp³-hybridized carbons (Fsp3) is 0. The number of pyridine rings is 1. The molecule has 0 spiro atoms. The molecule has 1 heterocycles. The summed E-state index contributed by atoms with van der Waals surface area (Å²) in [6, 6.07) is 0. The van der Waals surface area contributed by atoms with Gasteiger partial charge >= 0.3 is 0 Å². The normalized spacial score (nSPS) is 9.90. The lowest BCUT2D eigenvalue weighted by Gasteiger charge is -1.99. The first kappa shape index (κ1) is 8.19. The van der Waals surface area contributed by atoms with Crippen LogP contribution in [0, 0.1) is 9.39 Å². The van der Waals surface area contributed by atoms with Crippen molar-refractivity contribution in [3.05, 3.63) is 20.2 Å². The monoisotopic (exact) mass is 316 g/mol. The number of anilines is 1. The summed E-state index contributed by atoms with van der Waals surface area (Å²) in [5.74, 6) is -0.494. The summed E-state index contributed by atoms with van der Waals surface area (Å²) < 4.78 is 13.5. The number of aromatic nitrogens is 1. The van der Waals surface area contributed by atoms with E-state index in [1.165, 1.54) is 6.20 Å². The molecule has 0 aliphatic rings. The van der Waals surface area contributed by atoms with Crippen LogP contribution >= 0.6 is 38.5 Å². The molecule has 0 saturated carbocycles. The Kier molecular flexibility index (Phi) is 2.45. The second-order valence-electron chi connectivity index (χ2n) is 1.62. The van der Waals surface area contributed by atoms with Crippen molar-refractivity contribution in [2.45, 2.75) is 0 Å². The highest BCUT2D eigenvalue weighted by atomic mass is 127. The molecular weight excluding hydrogens is 314 g/mol. The molecular formula is C5H3BrFIN2. The molecule has 0 fully saturated rings. The zero-order chi connectivity index (χ0) is 7.72. The van der Waals surface area contributed by atoms with E-state index in [1.54, 1.807) is 0 Å². The minimum absolute atomic E-state index is 0.141. The summed E-state index contributed by atoms with van der Waals surface area (Å²) in [7, 11) is 0. The molecule has 1 rings (SSSR count). The highest BCUT2D eigenvalue weighted by Crippen LogP contribution is 2.22. The first-order chi connectivity index (χ1) is 4.63. The molecule has 10 heavy (non-hydrogen) atoms. The smallest absolute Gasteiger partial charge is 0.179 e. The van der Waals surface area contributed by atoms with Gasteiger partial charge in [-0.25, -0.2) is 9.37 Å². The maximum Gasteiger partial charge on any atom is 0.179 e. The van der Waals surface area contributed by atoms with Gasteiger partial charge in [0, 0.05) is 6.20 Å². The third-order valence-electron chi connectivity index (χ3n) is 0.966. The zero-order valence-electron chi connectivity index (χ0n) is 4.74. The Morgan fingerprint density at radius 1 is 1.70 bits per heavy atom. The van der Waals surface area contributed by atoms with Crippen molar-refractivity contribution in [3.8, 4) is 0 Å². The average molecular weight is 317 g/mol. The molecule has 0 unspecified atom stereocenters. The van der Waals surface area contributed by atoms with Gasteiger partial charge in [0.1, 0.15) is 4.60 Å². The van der Waals surface area contributed by atoms with Crippen LogP contribution in [-0.4, -0.2) is 4.98 Å². The molecule has 54 valence electrons. The minimum Gasteiger partial charge on any atom is -0.395 e.